The second-order valence-electron chi connectivity index (χ2n) is 4.07. The molecule has 0 aliphatic carbocycles. The van der Waals surface area contributed by atoms with Gasteiger partial charge in [-0.2, -0.15) is 0 Å². The Labute approximate surface area is 92.7 Å². The van der Waals surface area contributed by atoms with Crippen LogP contribution in [0, 0.1) is 5.92 Å². The summed E-state index contributed by atoms with van der Waals surface area (Å²) < 4.78 is 1.73. The summed E-state index contributed by atoms with van der Waals surface area (Å²) in [4.78, 5) is 14.5. The van der Waals surface area contributed by atoms with Crippen LogP contribution in [0.2, 0.25) is 5.02 Å². The number of rotatable bonds is 2. The van der Waals surface area contributed by atoms with Gasteiger partial charge in [-0.1, -0.05) is 31.5 Å². The molecule has 0 radical (unpaired) electrons. The molecular formula is C11H13ClN2O. The summed E-state index contributed by atoms with van der Waals surface area (Å²) in [5, 5.41) is 0.590. The summed E-state index contributed by atoms with van der Waals surface area (Å²) in [6, 6.07) is 5.54. The van der Waals surface area contributed by atoms with Crippen molar-refractivity contribution in [1.29, 1.82) is 0 Å². The van der Waals surface area contributed by atoms with Crippen LogP contribution in [-0.2, 0) is 6.54 Å². The molecule has 0 bridgehead atoms. The number of imidazole rings is 1. The number of nitrogens with zero attached hydrogens (tertiary/aromatic N) is 1. The Morgan fingerprint density at radius 2 is 2.20 bits per heavy atom. The molecule has 0 fully saturated rings. The van der Waals surface area contributed by atoms with Gasteiger partial charge in [0.05, 0.1) is 16.1 Å². The molecular weight excluding hydrogens is 212 g/mol. The van der Waals surface area contributed by atoms with E-state index in [-0.39, 0.29) is 5.69 Å². The Kier molecular flexibility index (Phi) is 2.57. The van der Waals surface area contributed by atoms with Crippen molar-refractivity contribution in [3.63, 3.8) is 0 Å². The molecule has 1 aromatic heterocycles. The fourth-order valence-corrected chi connectivity index (χ4v) is 1.91. The molecule has 1 N–H and O–H groups in total. The smallest absolute Gasteiger partial charge is 0.304 e. The van der Waals surface area contributed by atoms with Crippen molar-refractivity contribution in [1.82, 2.24) is 9.55 Å². The number of halogens is 1. The molecule has 2 rings (SSSR count). The van der Waals surface area contributed by atoms with E-state index in [1.54, 1.807) is 10.6 Å². The van der Waals surface area contributed by atoms with E-state index in [0.29, 0.717) is 17.5 Å². The Balaban J connectivity index is 2.69. The van der Waals surface area contributed by atoms with Gasteiger partial charge in [0.1, 0.15) is 0 Å². The number of aromatic nitrogens is 2. The first kappa shape index (κ1) is 10.3. The molecule has 4 heteroatoms. The molecule has 1 aromatic carbocycles. The molecule has 15 heavy (non-hydrogen) atoms. The summed E-state index contributed by atoms with van der Waals surface area (Å²) >= 11 is 6.00. The van der Waals surface area contributed by atoms with Crippen molar-refractivity contribution in [3.05, 3.63) is 33.7 Å². The maximum Gasteiger partial charge on any atom is 0.326 e. The van der Waals surface area contributed by atoms with Gasteiger partial charge in [-0.25, -0.2) is 4.79 Å². The van der Waals surface area contributed by atoms with E-state index in [2.05, 4.69) is 18.8 Å². The average Bonchev–Trinajstić information content (AvgIpc) is 2.45. The van der Waals surface area contributed by atoms with Crippen LogP contribution in [0.1, 0.15) is 13.8 Å². The zero-order chi connectivity index (χ0) is 11.0. The maximum atomic E-state index is 11.7. The Hall–Kier alpha value is -1.22. The minimum atomic E-state index is -0.0909. The molecule has 0 amide bonds. The van der Waals surface area contributed by atoms with E-state index in [9.17, 15) is 4.79 Å². The zero-order valence-corrected chi connectivity index (χ0v) is 9.51. The lowest BCUT2D eigenvalue weighted by Gasteiger charge is -2.05. The fraction of sp³-hybridized carbons (Fsp3) is 0.364. The van der Waals surface area contributed by atoms with Crippen molar-refractivity contribution >= 4 is 22.6 Å². The minimum Gasteiger partial charge on any atom is -0.304 e. The Morgan fingerprint density at radius 1 is 1.47 bits per heavy atom. The van der Waals surface area contributed by atoms with Crippen LogP contribution in [0.3, 0.4) is 0 Å². The highest BCUT2D eigenvalue weighted by atomic mass is 35.5. The van der Waals surface area contributed by atoms with Crippen LogP contribution in [-0.4, -0.2) is 9.55 Å². The lowest BCUT2D eigenvalue weighted by Crippen LogP contribution is -2.19. The van der Waals surface area contributed by atoms with Crippen molar-refractivity contribution in [3.8, 4) is 0 Å². The Morgan fingerprint density at radius 3 is 2.87 bits per heavy atom. The molecule has 1 heterocycles. The lowest BCUT2D eigenvalue weighted by molar-refractivity contribution is 0.522. The number of fused-ring (bicyclic) bond motifs is 1. The highest BCUT2D eigenvalue weighted by Crippen LogP contribution is 2.20. The first-order valence-corrected chi connectivity index (χ1v) is 5.34. The Bertz CT molecular complexity index is 539. The van der Waals surface area contributed by atoms with Gasteiger partial charge in [0.25, 0.3) is 0 Å². The third-order valence-electron chi connectivity index (χ3n) is 2.31. The summed E-state index contributed by atoms with van der Waals surface area (Å²) in [5.74, 6) is 0.431. The summed E-state index contributed by atoms with van der Waals surface area (Å²) in [6.45, 7) is 4.87. The van der Waals surface area contributed by atoms with Crippen molar-refractivity contribution in [2.45, 2.75) is 20.4 Å². The highest BCUT2D eigenvalue weighted by Gasteiger charge is 2.09. The van der Waals surface area contributed by atoms with Crippen LogP contribution in [0.4, 0.5) is 0 Å². The van der Waals surface area contributed by atoms with E-state index in [1.807, 2.05) is 12.1 Å². The second kappa shape index (κ2) is 3.74. The second-order valence-corrected chi connectivity index (χ2v) is 4.48. The van der Waals surface area contributed by atoms with Crippen LogP contribution >= 0.6 is 11.6 Å². The molecule has 3 nitrogen and oxygen atoms in total. The zero-order valence-electron chi connectivity index (χ0n) is 8.75. The third kappa shape index (κ3) is 1.79. The number of hydrogen-bond donors (Lipinski definition) is 1. The molecule has 0 aliphatic heterocycles. The van der Waals surface area contributed by atoms with E-state index in [0.717, 1.165) is 11.0 Å². The lowest BCUT2D eigenvalue weighted by atomic mass is 10.2. The van der Waals surface area contributed by atoms with Gasteiger partial charge < -0.3 is 4.98 Å². The SMILES string of the molecule is CC(C)Cn1c(=O)[nH]c2c(Cl)cccc21. The van der Waals surface area contributed by atoms with E-state index >= 15 is 0 Å². The number of para-hydroxylation sites is 1. The largest absolute Gasteiger partial charge is 0.326 e. The molecule has 0 spiro atoms. The van der Waals surface area contributed by atoms with Crippen molar-refractivity contribution in [2.24, 2.45) is 5.92 Å². The van der Waals surface area contributed by atoms with Gasteiger partial charge in [-0.05, 0) is 18.1 Å². The number of H-pyrrole nitrogens is 1. The third-order valence-corrected chi connectivity index (χ3v) is 2.62. The van der Waals surface area contributed by atoms with Crippen LogP contribution < -0.4 is 5.69 Å². The quantitative estimate of drug-likeness (QED) is 0.837. The normalized spacial score (nSPS) is 11.5. The van der Waals surface area contributed by atoms with Gasteiger partial charge in [-0.15, -0.1) is 0 Å². The predicted octanol–water partition coefficient (Wildman–Crippen LogP) is 2.64. The first-order chi connectivity index (χ1) is 7.09. The summed E-state index contributed by atoms with van der Waals surface area (Å²) in [6.07, 6.45) is 0. The van der Waals surface area contributed by atoms with Gasteiger partial charge in [0, 0.05) is 6.54 Å². The molecule has 0 atom stereocenters. The van der Waals surface area contributed by atoms with Gasteiger partial charge in [0.15, 0.2) is 0 Å². The number of hydrogen-bond acceptors (Lipinski definition) is 1. The van der Waals surface area contributed by atoms with E-state index in [4.69, 9.17) is 11.6 Å². The van der Waals surface area contributed by atoms with Crippen molar-refractivity contribution in [2.75, 3.05) is 0 Å². The monoisotopic (exact) mass is 224 g/mol. The topological polar surface area (TPSA) is 37.8 Å². The molecule has 0 saturated carbocycles. The molecule has 2 aromatic rings. The van der Waals surface area contributed by atoms with E-state index < -0.39 is 0 Å². The summed E-state index contributed by atoms with van der Waals surface area (Å²) in [7, 11) is 0. The first-order valence-electron chi connectivity index (χ1n) is 4.96. The van der Waals surface area contributed by atoms with E-state index in [1.165, 1.54) is 0 Å². The predicted molar refractivity (Wildman–Crippen MR) is 62.4 cm³/mol. The standard InChI is InChI=1S/C11H13ClN2O/c1-7(2)6-14-9-5-3-4-8(12)10(9)13-11(14)15/h3-5,7H,6H2,1-2H3,(H,13,15). The van der Waals surface area contributed by atoms with Crippen molar-refractivity contribution < 1.29 is 0 Å². The highest BCUT2D eigenvalue weighted by molar-refractivity contribution is 6.34. The molecule has 0 aliphatic rings. The molecule has 0 unspecified atom stereocenters. The number of aromatic amines is 1. The van der Waals surface area contributed by atoms with Gasteiger partial charge in [0.2, 0.25) is 0 Å². The average molecular weight is 225 g/mol. The number of nitrogens with one attached hydrogen (secondary N) is 1. The van der Waals surface area contributed by atoms with Crippen LogP contribution in [0.5, 0.6) is 0 Å². The van der Waals surface area contributed by atoms with Gasteiger partial charge in [-0.3, -0.25) is 4.57 Å². The molecule has 80 valence electrons. The molecule has 0 saturated heterocycles. The van der Waals surface area contributed by atoms with Gasteiger partial charge >= 0.3 is 5.69 Å². The summed E-state index contributed by atoms with van der Waals surface area (Å²) in [5.41, 5.74) is 1.51. The number of benzene rings is 1. The minimum absolute atomic E-state index is 0.0909. The van der Waals surface area contributed by atoms with Crippen LogP contribution in [0.15, 0.2) is 23.0 Å². The van der Waals surface area contributed by atoms with Crippen LogP contribution in [0.25, 0.3) is 11.0 Å². The maximum absolute atomic E-state index is 11.7. The fourth-order valence-electron chi connectivity index (χ4n) is 1.69.